The number of methoxy groups -OCH3 is 2. The third kappa shape index (κ3) is 6.49. The maximum absolute atomic E-state index is 12.9. The minimum Gasteiger partial charge on any atom is -0.493 e. The third-order valence-electron chi connectivity index (χ3n) is 3.97. The minimum absolute atomic E-state index is 0.117. The van der Waals surface area contributed by atoms with Crippen molar-refractivity contribution in [3.63, 3.8) is 0 Å². The van der Waals surface area contributed by atoms with Gasteiger partial charge in [-0.2, -0.15) is 18.4 Å². The molecule has 0 radical (unpaired) electrons. The average Bonchev–Trinajstić information content (AvgIpc) is 2.76. The molecule has 2 rings (SSSR count). The molecule has 0 aromatic heterocycles. The summed E-state index contributed by atoms with van der Waals surface area (Å²) in [5.74, 6) is -1.10. The number of esters is 1. The molecular weight excluding hydrogens is 497 g/mol. The van der Waals surface area contributed by atoms with Gasteiger partial charge < -0.3 is 19.5 Å². The molecule has 0 saturated heterocycles. The average molecular weight is 513 g/mol. The highest BCUT2D eigenvalue weighted by atomic mass is 79.9. The van der Waals surface area contributed by atoms with Gasteiger partial charge in [-0.3, -0.25) is 4.79 Å². The predicted octanol–water partition coefficient (Wildman–Crippen LogP) is 4.57. The van der Waals surface area contributed by atoms with E-state index in [1.54, 1.807) is 6.07 Å². The van der Waals surface area contributed by atoms with Crippen LogP contribution < -0.4 is 14.8 Å². The zero-order valence-electron chi connectivity index (χ0n) is 16.7. The number of hydrogen-bond donors (Lipinski definition) is 1. The molecular formula is C21H16BrF3N2O5. The van der Waals surface area contributed by atoms with Gasteiger partial charge in [0.15, 0.2) is 18.1 Å². The largest absolute Gasteiger partial charge is 0.493 e. The van der Waals surface area contributed by atoms with Crippen molar-refractivity contribution in [3.05, 3.63) is 57.6 Å². The predicted molar refractivity (Wildman–Crippen MR) is 112 cm³/mol. The van der Waals surface area contributed by atoms with Gasteiger partial charge in [0, 0.05) is 10.2 Å². The normalized spacial score (nSPS) is 11.3. The van der Waals surface area contributed by atoms with Crippen LogP contribution in [0.5, 0.6) is 11.5 Å². The maximum Gasteiger partial charge on any atom is 0.416 e. The number of hydrogen-bond acceptors (Lipinski definition) is 6. The van der Waals surface area contributed by atoms with Gasteiger partial charge in [-0.25, -0.2) is 4.79 Å². The second kappa shape index (κ2) is 10.7. The Kier molecular flexibility index (Phi) is 8.26. The lowest BCUT2D eigenvalue weighted by Gasteiger charge is -2.12. The zero-order valence-corrected chi connectivity index (χ0v) is 18.3. The van der Waals surface area contributed by atoms with Gasteiger partial charge in [-0.05, 0) is 42.0 Å². The highest BCUT2D eigenvalue weighted by molar-refractivity contribution is 9.10. The van der Waals surface area contributed by atoms with E-state index in [1.165, 1.54) is 38.5 Å². The zero-order chi connectivity index (χ0) is 23.9. The molecule has 0 atom stereocenters. The fourth-order valence-corrected chi connectivity index (χ4v) is 2.84. The van der Waals surface area contributed by atoms with Gasteiger partial charge in [-0.15, -0.1) is 0 Å². The Morgan fingerprint density at radius 1 is 1.19 bits per heavy atom. The van der Waals surface area contributed by atoms with Crippen molar-refractivity contribution >= 4 is 39.6 Å². The number of nitrogens with zero attached hydrogens (tertiary/aromatic N) is 1. The monoisotopic (exact) mass is 512 g/mol. The number of carbonyl (C=O) groups is 2. The van der Waals surface area contributed by atoms with Crippen LogP contribution >= 0.6 is 15.9 Å². The number of benzene rings is 2. The summed E-state index contributed by atoms with van der Waals surface area (Å²) in [6.45, 7) is -0.364. The van der Waals surface area contributed by atoms with Crippen LogP contribution in [0.15, 0.2) is 46.4 Å². The number of nitrogens with one attached hydrogen (secondary N) is 1. The van der Waals surface area contributed by atoms with Crippen LogP contribution in [0.1, 0.15) is 11.1 Å². The summed E-state index contributed by atoms with van der Waals surface area (Å²) in [6, 6.07) is 8.67. The van der Waals surface area contributed by atoms with Crippen LogP contribution in [-0.2, 0) is 20.5 Å². The number of anilines is 1. The van der Waals surface area contributed by atoms with Crippen molar-refractivity contribution in [1.82, 2.24) is 0 Å². The van der Waals surface area contributed by atoms with Crippen LogP contribution in [0.3, 0.4) is 0 Å². The van der Waals surface area contributed by atoms with Crippen molar-refractivity contribution in [1.29, 1.82) is 5.26 Å². The number of ether oxygens (including phenoxy) is 3. The van der Waals surface area contributed by atoms with Gasteiger partial charge in [0.1, 0.15) is 11.6 Å². The van der Waals surface area contributed by atoms with Crippen molar-refractivity contribution in [3.8, 4) is 17.6 Å². The number of nitriles is 1. The van der Waals surface area contributed by atoms with Crippen molar-refractivity contribution < 1.29 is 37.0 Å². The first-order valence-corrected chi connectivity index (χ1v) is 9.56. The van der Waals surface area contributed by atoms with E-state index >= 15 is 0 Å². The molecule has 2 aromatic carbocycles. The first kappa shape index (κ1) is 24.7. The molecule has 0 aliphatic carbocycles. The van der Waals surface area contributed by atoms with Crippen LogP contribution in [0.25, 0.3) is 6.08 Å². The third-order valence-corrected chi connectivity index (χ3v) is 4.66. The molecule has 0 heterocycles. The molecule has 0 bridgehead atoms. The summed E-state index contributed by atoms with van der Waals surface area (Å²) in [5.41, 5.74) is -1.07. The molecule has 0 fully saturated rings. The standard InChI is InChI=1S/C21H16BrF3N2O5/c1-30-17-7-12(16(22)9-18(17)32-11-19(28)31-2)6-13(10-26)20(29)27-15-5-3-4-14(8-15)21(23,24)25/h3-9H,11H2,1-2H3,(H,27,29)/b13-6-. The summed E-state index contributed by atoms with van der Waals surface area (Å²) < 4.78 is 54.0. The molecule has 0 spiro atoms. The number of halogens is 4. The van der Waals surface area contributed by atoms with Gasteiger partial charge in [0.2, 0.25) is 0 Å². The van der Waals surface area contributed by atoms with E-state index in [0.717, 1.165) is 18.2 Å². The van der Waals surface area contributed by atoms with E-state index in [1.807, 2.05) is 0 Å². The lowest BCUT2D eigenvalue weighted by atomic mass is 10.1. The molecule has 0 unspecified atom stereocenters. The SMILES string of the molecule is COC(=O)COc1cc(Br)c(/C=C(/C#N)C(=O)Nc2cccc(C(F)(F)F)c2)cc1OC. The molecule has 11 heteroatoms. The lowest BCUT2D eigenvalue weighted by Crippen LogP contribution is -2.14. The maximum atomic E-state index is 12.9. The van der Waals surface area contributed by atoms with Crippen LogP contribution in [-0.4, -0.2) is 32.7 Å². The lowest BCUT2D eigenvalue weighted by molar-refractivity contribution is -0.143. The molecule has 0 aliphatic rings. The number of alkyl halides is 3. The number of amides is 1. The molecule has 2 aromatic rings. The Morgan fingerprint density at radius 2 is 1.91 bits per heavy atom. The van der Waals surface area contributed by atoms with E-state index in [-0.39, 0.29) is 29.4 Å². The molecule has 32 heavy (non-hydrogen) atoms. The molecule has 7 nitrogen and oxygen atoms in total. The Hall–Kier alpha value is -3.52. The van der Waals surface area contributed by atoms with Gasteiger partial charge in [-0.1, -0.05) is 22.0 Å². The highest BCUT2D eigenvalue weighted by Crippen LogP contribution is 2.35. The van der Waals surface area contributed by atoms with Crippen molar-refractivity contribution in [2.45, 2.75) is 6.18 Å². The van der Waals surface area contributed by atoms with Gasteiger partial charge in [0.25, 0.3) is 5.91 Å². The number of carbonyl (C=O) groups excluding carboxylic acids is 2. The smallest absolute Gasteiger partial charge is 0.416 e. The minimum atomic E-state index is -4.58. The quantitative estimate of drug-likeness (QED) is 0.331. The van der Waals surface area contributed by atoms with E-state index in [0.29, 0.717) is 10.0 Å². The van der Waals surface area contributed by atoms with Crippen LogP contribution in [0.2, 0.25) is 0 Å². The van der Waals surface area contributed by atoms with Crippen molar-refractivity contribution in [2.75, 3.05) is 26.1 Å². The Bertz CT molecular complexity index is 1090. The summed E-state index contributed by atoms with van der Waals surface area (Å²) in [4.78, 5) is 23.7. The Balaban J connectivity index is 2.30. The van der Waals surface area contributed by atoms with E-state index in [4.69, 9.17) is 9.47 Å². The van der Waals surface area contributed by atoms with E-state index in [2.05, 4.69) is 26.0 Å². The second-order valence-corrected chi connectivity index (χ2v) is 6.95. The van der Waals surface area contributed by atoms with Crippen LogP contribution in [0, 0.1) is 11.3 Å². The highest BCUT2D eigenvalue weighted by Gasteiger charge is 2.30. The van der Waals surface area contributed by atoms with Gasteiger partial charge >= 0.3 is 12.1 Å². The molecule has 1 N–H and O–H groups in total. The van der Waals surface area contributed by atoms with E-state index in [9.17, 15) is 28.0 Å². The fraction of sp³-hybridized carbons (Fsp3) is 0.190. The Morgan fingerprint density at radius 3 is 2.50 bits per heavy atom. The van der Waals surface area contributed by atoms with Crippen LogP contribution in [0.4, 0.5) is 18.9 Å². The fourth-order valence-electron chi connectivity index (χ4n) is 2.41. The molecule has 1 amide bonds. The van der Waals surface area contributed by atoms with E-state index < -0.39 is 23.6 Å². The molecule has 0 saturated carbocycles. The summed E-state index contributed by atoms with van der Waals surface area (Å²) >= 11 is 3.28. The van der Waals surface area contributed by atoms with Gasteiger partial charge in [0.05, 0.1) is 19.8 Å². The number of rotatable bonds is 7. The topological polar surface area (TPSA) is 97.7 Å². The summed E-state index contributed by atoms with van der Waals surface area (Å²) in [6.07, 6.45) is -3.35. The summed E-state index contributed by atoms with van der Waals surface area (Å²) in [7, 11) is 2.56. The molecule has 168 valence electrons. The molecule has 0 aliphatic heterocycles. The van der Waals surface area contributed by atoms with Crippen molar-refractivity contribution in [2.24, 2.45) is 0 Å². The second-order valence-electron chi connectivity index (χ2n) is 6.09. The first-order chi connectivity index (χ1) is 15.1. The first-order valence-electron chi connectivity index (χ1n) is 8.76. The Labute approximate surface area is 189 Å². The summed E-state index contributed by atoms with van der Waals surface area (Å²) in [5, 5.41) is 11.7.